The fourth-order valence-corrected chi connectivity index (χ4v) is 2.50. The largest absolute Gasteiger partial charge is 0.459 e. The van der Waals surface area contributed by atoms with Gasteiger partial charge in [-0.05, 0) is 48.0 Å². The van der Waals surface area contributed by atoms with E-state index in [0.29, 0.717) is 23.5 Å². The molecule has 3 N–H and O–H groups in total. The van der Waals surface area contributed by atoms with Crippen LogP contribution in [0.3, 0.4) is 0 Å². The number of hydrogen-bond acceptors (Lipinski definition) is 5. The van der Waals surface area contributed by atoms with Gasteiger partial charge in [0.25, 0.3) is 11.8 Å². The zero-order valence-corrected chi connectivity index (χ0v) is 15.6. The molecule has 3 amide bonds. The summed E-state index contributed by atoms with van der Waals surface area (Å²) in [6.07, 6.45) is 0.863. The molecule has 0 aliphatic heterocycles. The van der Waals surface area contributed by atoms with Gasteiger partial charge in [-0.15, -0.1) is 0 Å². The number of rotatable bonds is 6. The summed E-state index contributed by atoms with van der Waals surface area (Å²) >= 11 is 0. The molecule has 0 fully saturated rings. The number of carbonyl (C=O) groups excluding carboxylic acids is 3. The molecule has 0 bridgehead atoms. The van der Waals surface area contributed by atoms with Crippen LogP contribution >= 0.6 is 0 Å². The third kappa shape index (κ3) is 5.46. The summed E-state index contributed by atoms with van der Waals surface area (Å²) in [4.78, 5) is 35.6. The average Bonchev–Trinajstić information content (AvgIpc) is 3.28. The molecule has 2 aromatic carbocycles. The van der Waals surface area contributed by atoms with Crippen molar-refractivity contribution >= 4 is 29.3 Å². The normalized spacial score (nSPS) is 10.1. The van der Waals surface area contributed by atoms with E-state index >= 15 is 0 Å². The predicted octanol–water partition coefficient (Wildman–Crippen LogP) is 3.64. The second-order valence-corrected chi connectivity index (χ2v) is 6.01. The lowest BCUT2D eigenvalue weighted by atomic mass is 10.1. The van der Waals surface area contributed by atoms with Gasteiger partial charge >= 0.3 is 6.09 Å². The molecule has 0 saturated heterocycles. The van der Waals surface area contributed by atoms with Gasteiger partial charge in [-0.1, -0.05) is 18.2 Å². The Bertz CT molecular complexity index is 997. The Morgan fingerprint density at radius 2 is 1.69 bits per heavy atom. The highest BCUT2D eigenvalue weighted by Crippen LogP contribution is 2.14. The van der Waals surface area contributed by atoms with Crippen molar-refractivity contribution in [2.45, 2.75) is 6.54 Å². The zero-order valence-electron chi connectivity index (χ0n) is 15.6. The van der Waals surface area contributed by atoms with Crippen LogP contribution in [0.25, 0.3) is 0 Å². The van der Waals surface area contributed by atoms with Crippen LogP contribution in [0, 0.1) is 0 Å². The lowest BCUT2D eigenvalue weighted by Crippen LogP contribution is -2.23. The molecule has 0 unspecified atom stereocenters. The quantitative estimate of drug-likeness (QED) is 0.592. The van der Waals surface area contributed by atoms with Crippen LogP contribution in [0.1, 0.15) is 26.5 Å². The van der Waals surface area contributed by atoms with E-state index in [4.69, 9.17) is 4.42 Å². The van der Waals surface area contributed by atoms with Crippen LogP contribution in [0.5, 0.6) is 0 Å². The molecule has 29 heavy (non-hydrogen) atoms. The summed E-state index contributed by atoms with van der Waals surface area (Å²) in [6, 6.07) is 16.8. The molecule has 3 aromatic rings. The van der Waals surface area contributed by atoms with Gasteiger partial charge in [0.2, 0.25) is 0 Å². The second-order valence-electron chi connectivity index (χ2n) is 6.01. The number of benzene rings is 2. The van der Waals surface area contributed by atoms with Crippen LogP contribution in [-0.4, -0.2) is 25.0 Å². The topological polar surface area (TPSA) is 110 Å². The van der Waals surface area contributed by atoms with Gasteiger partial charge in [-0.25, -0.2) is 4.79 Å². The van der Waals surface area contributed by atoms with E-state index in [0.717, 1.165) is 5.56 Å². The molecule has 1 heterocycles. The van der Waals surface area contributed by atoms with E-state index in [2.05, 4.69) is 20.7 Å². The average molecular weight is 393 g/mol. The molecule has 0 atom stereocenters. The van der Waals surface area contributed by atoms with Crippen LogP contribution < -0.4 is 16.0 Å². The van der Waals surface area contributed by atoms with Crippen molar-refractivity contribution in [2.75, 3.05) is 17.7 Å². The molecule has 0 saturated carbocycles. The van der Waals surface area contributed by atoms with Crippen molar-refractivity contribution in [3.63, 3.8) is 0 Å². The molecule has 0 spiro atoms. The van der Waals surface area contributed by atoms with E-state index in [9.17, 15) is 14.4 Å². The monoisotopic (exact) mass is 393 g/mol. The molecular formula is C21H19N3O5. The van der Waals surface area contributed by atoms with Crippen molar-refractivity contribution in [2.24, 2.45) is 0 Å². The molecular weight excluding hydrogens is 374 g/mol. The minimum atomic E-state index is -0.551. The lowest BCUT2D eigenvalue weighted by molar-refractivity contribution is 0.0949. The maximum Gasteiger partial charge on any atom is 0.411 e. The van der Waals surface area contributed by atoms with Crippen molar-refractivity contribution in [3.8, 4) is 0 Å². The minimum Gasteiger partial charge on any atom is -0.459 e. The number of hydrogen-bond donors (Lipinski definition) is 3. The van der Waals surface area contributed by atoms with Crippen molar-refractivity contribution in [1.82, 2.24) is 5.32 Å². The SMILES string of the molecule is COC(=O)Nc1ccc(CNC(=O)c2cccc(NC(=O)c3ccco3)c2)cc1. The molecule has 8 heteroatoms. The van der Waals surface area contributed by atoms with Crippen molar-refractivity contribution in [1.29, 1.82) is 0 Å². The zero-order chi connectivity index (χ0) is 20.6. The second kappa shape index (κ2) is 9.23. The highest BCUT2D eigenvalue weighted by atomic mass is 16.5. The number of furan rings is 1. The Balaban J connectivity index is 1.56. The maximum atomic E-state index is 12.4. The van der Waals surface area contributed by atoms with Crippen LogP contribution in [0.15, 0.2) is 71.3 Å². The van der Waals surface area contributed by atoms with E-state index < -0.39 is 12.0 Å². The van der Waals surface area contributed by atoms with Gasteiger partial charge in [0.1, 0.15) is 0 Å². The van der Waals surface area contributed by atoms with Gasteiger partial charge in [-0.2, -0.15) is 0 Å². The summed E-state index contributed by atoms with van der Waals surface area (Å²) in [5, 5.41) is 8.05. The number of anilines is 2. The van der Waals surface area contributed by atoms with Crippen LogP contribution in [0.4, 0.5) is 16.2 Å². The molecule has 0 radical (unpaired) electrons. The highest BCUT2D eigenvalue weighted by Gasteiger charge is 2.11. The summed E-state index contributed by atoms with van der Waals surface area (Å²) in [6.45, 7) is 0.306. The van der Waals surface area contributed by atoms with Gasteiger partial charge < -0.3 is 19.8 Å². The third-order valence-corrected chi connectivity index (χ3v) is 3.97. The molecule has 3 rings (SSSR count). The van der Waals surface area contributed by atoms with Gasteiger partial charge in [0.15, 0.2) is 5.76 Å². The maximum absolute atomic E-state index is 12.4. The smallest absolute Gasteiger partial charge is 0.411 e. The number of ether oxygens (including phenoxy) is 1. The van der Waals surface area contributed by atoms with E-state index in [1.54, 1.807) is 60.7 Å². The van der Waals surface area contributed by atoms with Gasteiger partial charge in [0, 0.05) is 23.5 Å². The van der Waals surface area contributed by atoms with Crippen LogP contribution in [0.2, 0.25) is 0 Å². The summed E-state index contributed by atoms with van der Waals surface area (Å²) in [5.74, 6) is -0.492. The molecule has 0 aliphatic rings. The highest BCUT2D eigenvalue weighted by molar-refractivity contribution is 6.03. The lowest BCUT2D eigenvalue weighted by Gasteiger charge is -2.09. The predicted molar refractivity (Wildman–Crippen MR) is 107 cm³/mol. The van der Waals surface area contributed by atoms with E-state index in [-0.39, 0.29) is 11.7 Å². The summed E-state index contributed by atoms with van der Waals surface area (Å²) in [5.41, 5.74) is 2.34. The number of carbonyl (C=O) groups is 3. The molecule has 1 aromatic heterocycles. The van der Waals surface area contributed by atoms with Crippen LogP contribution in [-0.2, 0) is 11.3 Å². The Morgan fingerprint density at radius 1 is 0.897 bits per heavy atom. The van der Waals surface area contributed by atoms with Crippen molar-refractivity contribution < 1.29 is 23.5 Å². The molecule has 0 aliphatic carbocycles. The first-order valence-electron chi connectivity index (χ1n) is 8.72. The number of amides is 3. The number of methoxy groups -OCH3 is 1. The summed E-state index contributed by atoms with van der Waals surface area (Å²) < 4.78 is 9.58. The Morgan fingerprint density at radius 3 is 2.38 bits per heavy atom. The first-order chi connectivity index (χ1) is 14.0. The minimum absolute atomic E-state index is 0.185. The Labute approximate surface area is 166 Å². The first-order valence-corrected chi connectivity index (χ1v) is 8.72. The van der Waals surface area contributed by atoms with E-state index in [1.165, 1.54) is 13.4 Å². The summed E-state index contributed by atoms with van der Waals surface area (Å²) in [7, 11) is 1.29. The first kappa shape index (κ1) is 19.7. The standard InChI is InChI=1S/C21H19N3O5/c1-28-21(27)24-16-9-7-14(8-10-16)13-22-19(25)15-4-2-5-17(12-15)23-20(26)18-6-3-11-29-18/h2-12H,13H2,1H3,(H,22,25)(H,23,26)(H,24,27). The molecule has 148 valence electrons. The van der Waals surface area contributed by atoms with Crippen molar-refractivity contribution in [3.05, 3.63) is 83.8 Å². The fourth-order valence-electron chi connectivity index (χ4n) is 2.50. The Hall–Kier alpha value is -4.07. The van der Waals surface area contributed by atoms with Gasteiger partial charge in [-0.3, -0.25) is 14.9 Å². The van der Waals surface area contributed by atoms with Gasteiger partial charge in [0.05, 0.1) is 13.4 Å². The fraction of sp³-hybridized carbons (Fsp3) is 0.0952. The molecule has 8 nitrogen and oxygen atoms in total. The number of nitrogens with one attached hydrogen (secondary N) is 3. The third-order valence-electron chi connectivity index (χ3n) is 3.97. The van der Waals surface area contributed by atoms with E-state index in [1.807, 2.05) is 0 Å². The Kier molecular flexibility index (Phi) is 6.26.